The van der Waals surface area contributed by atoms with Crippen molar-refractivity contribution >= 4 is 17.5 Å². The molecule has 8 heteroatoms. The summed E-state index contributed by atoms with van der Waals surface area (Å²) in [5.41, 5.74) is -0.0179. The monoisotopic (exact) mass is 307 g/mol. The van der Waals surface area contributed by atoms with E-state index in [9.17, 15) is 19.7 Å². The van der Waals surface area contributed by atoms with Gasteiger partial charge < -0.3 is 15.0 Å². The van der Waals surface area contributed by atoms with E-state index in [0.717, 1.165) is 0 Å². The molecule has 1 atom stereocenters. The van der Waals surface area contributed by atoms with Crippen LogP contribution in [0.4, 0.5) is 5.69 Å². The Kier molecular flexibility index (Phi) is 5.05. The molecule has 1 aliphatic rings. The Bertz CT molecular complexity index is 584. The number of morpholine rings is 1. The van der Waals surface area contributed by atoms with Gasteiger partial charge in [0, 0.05) is 30.8 Å². The number of rotatable bonds is 4. The number of amides is 2. The molecule has 1 unspecified atom stereocenters. The van der Waals surface area contributed by atoms with Gasteiger partial charge in [-0.3, -0.25) is 19.7 Å². The van der Waals surface area contributed by atoms with Crippen LogP contribution in [0.15, 0.2) is 24.3 Å². The van der Waals surface area contributed by atoms with Crippen molar-refractivity contribution < 1.29 is 19.2 Å². The van der Waals surface area contributed by atoms with Crippen LogP contribution in [-0.2, 0) is 9.53 Å². The molecule has 1 N–H and O–H groups in total. The Morgan fingerprint density at radius 1 is 1.36 bits per heavy atom. The predicted molar refractivity (Wildman–Crippen MR) is 77.4 cm³/mol. The van der Waals surface area contributed by atoms with Gasteiger partial charge >= 0.3 is 0 Å². The SMILES string of the molecule is CC(NC(=O)c1cccc([N+](=O)[O-])c1)C(=O)N1CCOCC1. The van der Waals surface area contributed by atoms with Crippen molar-refractivity contribution in [3.05, 3.63) is 39.9 Å². The minimum atomic E-state index is -0.704. The summed E-state index contributed by atoms with van der Waals surface area (Å²) in [4.78, 5) is 36.0. The Balaban J connectivity index is 2.00. The lowest BCUT2D eigenvalue weighted by atomic mass is 10.1. The third kappa shape index (κ3) is 3.79. The Morgan fingerprint density at radius 2 is 2.05 bits per heavy atom. The molecular formula is C14H17N3O5. The topological polar surface area (TPSA) is 102 Å². The van der Waals surface area contributed by atoms with Crippen LogP contribution >= 0.6 is 0 Å². The maximum atomic E-state index is 12.2. The van der Waals surface area contributed by atoms with E-state index in [4.69, 9.17) is 4.74 Å². The van der Waals surface area contributed by atoms with Crippen LogP contribution in [-0.4, -0.2) is 54.0 Å². The molecule has 0 bridgehead atoms. The molecule has 1 aliphatic heterocycles. The van der Waals surface area contributed by atoms with Gasteiger partial charge in [-0.15, -0.1) is 0 Å². The summed E-state index contributed by atoms with van der Waals surface area (Å²) in [6.07, 6.45) is 0. The van der Waals surface area contributed by atoms with Gasteiger partial charge in [0.05, 0.1) is 18.1 Å². The molecule has 118 valence electrons. The van der Waals surface area contributed by atoms with E-state index < -0.39 is 16.9 Å². The molecule has 8 nitrogen and oxygen atoms in total. The van der Waals surface area contributed by atoms with Crippen LogP contribution < -0.4 is 5.32 Å². The van der Waals surface area contributed by atoms with E-state index in [1.807, 2.05) is 0 Å². The molecular weight excluding hydrogens is 290 g/mol. The van der Waals surface area contributed by atoms with Crippen LogP contribution in [0.25, 0.3) is 0 Å². The van der Waals surface area contributed by atoms with E-state index in [2.05, 4.69) is 5.32 Å². The maximum absolute atomic E-state index is 12.2. The van der Waals surface area contributed by atoms with E-state index in [1.165, 1.54) is 24.3 Å². The van der Waals surface area contributed by atoms with Crippen LogP contribution in [0.5, 0.6) is 0 Å². The van der Waals surface area contributed by atoms with Gasteiger partial charge in [-0.25, -0.2) is 0 Å². The highest BCUT2D eigenvalue weighted by molar-refractivity contribution is 5.97. The number of hydrogen-bond donors (Lipinski definition) is 1. The molecule has 0 saturated carbocycles. The van der Waals surface area contributed by atoms with E-state index >= 15 is 0 Å². The second-order valence-electron chi connectivity index (χ2n) is 4.94. The molecule has 22 heavy (non-hydrogen) atoms. The fraction of sp³-hybridized carbons (Fsp3) is 0.429. The molecule has 2 amide bonds. The first-order chi connectivity index (χ1) is 10.5. The van der Waals surface area contributed by atoms with E-state index in [0.29, 0.717) is 26.3 Å². The van der Waals surface area contributed by atoms with Gasteiger partial charge in [-0.1, -0.05) is 6.07 Å². The molecule has 1 fully saturated rings. The Morgan fingerprint density at radius 3 is 2.68 bits per heavy atom. The van der Waals surface area contributed by atoms with Gasteiger partial charge in [0.1, 0.15) is 6.04 Å². The van der Waals surface area contributed by atoms with Gasteiger partial charge in [0.2, 0.25) is 5.91 Å². The highest BCUT2D eigenvalue weighted by Gasteiger charge is 2.24. The third-order valence-corrected chi connectivity index (χ3v) is 3.36. The lowest BCUT2D eigenvalue weighted by Gasteiger charge is -2.29. The number of nitro groups is 1. The summed E-state index contributed by atoms with van der Waals surface area (Å²) in [7, 11) is 0. The van der Waals surface area contributed by atoms with Crippen molar-refractivity contribution in [1.29, 1.82) is 0 Å². The van der Waals surface area contributed by atoms with Crippen LogP contribution in [0, 0.1) is 10.1 Å². The second-order valence-corrected chi connectivity index (χ2v) is 4.94. The van der Waals surface area contributed by atoms with Crippen molar-refractivity contribution in [1.82, 2.24) is 10.2 Å². The highest BCUT2D eigenvalue weighted by Crippen LogP contribution is 2.13. The summed E-state index contributed by atoms with van der Waals surface area (Å²) in [6.45, 7) is 3.55. The first-order valence-corrected chi connectivity index (χ1v) is 6.91. The molecule has 1 aromatic rings. The fourth-order valence-electron chi connectivity index (χ4n) is 2.16. The summed E-state index contributed by atoms with van der Waals surface area (Å²) >= 11 is 0. The van der Waals surface area contributed by atoms with Crippen molar-refractivity contribution in [2.24, 2.45) is 0 Å². The molecule has 2 rings (SSSR count). The average Bonchev–Trinajstić information content (AvgIpc) is 2.54. The fourth-order valence-corrected chi connectivity index (χ4v) is 2.16. The number of carbonyl (C=O) groups excluding carboxylic acids is 2. The number of carbonyl (C=O) groups is 2. The summed E-state index contributed by atoms with van der Waals surface area (Å²) in [5.74, 6) is -0.708. The first kappa shape index (κ1) is 15.9. The summed E-state index contributed by atoms with van der Waals surface area (Å²) in [5, 5.41) is 13.3. The van der Waals surface area contributed by atoms with Crippen LogP contribution in [0.2, 0.25) is 0 Å². The van der Waals surface area contributed by atoms with Crippen molar-refractivity contribution in [2.75, 3.05) is 26.3 Å². The van der Waals surface area contributed by atoms with Crippen molar-refractivity contribution in [3.8, 4) is 0 Å². The van der Waals surface area contributed by atoms with E-state index in [-0.39, 0.29) is 17.2 Å². The molecule has 1 aromatic carbocycles. The van der Waals surface area contributed by atoms with Crippen molar-refractivity contribution in [2.45, 2.75) is 13.0 Å². The van der Waals surface area contributed by atoms with Gasteiger partial charge in [0.25, 0.3) is 11.6 Å². The Labute approximate surface area is 127 Å². The molecule has 0 radical (unpaired) electrons. The normalized spacial score (nSPS) is 16.0. The minimum Gasteiger partial charge on any atom is -0.378 e. The predicted octanol–water partition coefficient (Wildman–Crippen LogP) is 0.572. The van der Waals surface area contributed by atoms with Crippen molar-refractivity contribution in [3.63, 3.8) is 0 Å². The number of nitrogens with one attached hydrogen (secondary N) is 1. The largest absolute Gasteiger partial charge is 0.378 e. The highest BCUT2D eigenvalue weighted by atomic mass is 16.6. The summed E-state index contributed by atoms with van der Waals surface area (Å²) in [6, 6.07) is 4.68. The minimum absolute atomic E-state index is 0.149. The number of nitro benzene ring substituents is 1. The lowest BCUT2D eigenvalue weighted by Crippen LogP contribution is -2.50. The quantitative estimate of drug-likeness (QED) is 0.647. The number of nitrogens with zero attached hydrogens (tertiary/aromatic N) is 2. The zero-order valence-electron chi connectivity index (χ0n) is 12.2. The molecule has 0 spiro atoms. The number of benzene rings is 1. The second kappa shape index (κ2) is 6.99. The molecule has 0 aromatic heterocycles. The molecule has 1 saturated heterocycles. The number of ether oxygens (including phenoxy) is 1. The van der Waals surface area contributed by atoms with Gasteiger partial charge in [0.15, 0.2) is 0 Å². The zero-order chi connectivity index (χ0) is 16.1. The third-order valence-electron chi connectivity index (χ3n) is 3.36. The molecule has 0 aliphatic carbocycles. The van der Waals surface area contributed by atoms with Gasteiger partial charge in [-0.05, 0) is 13.0 Å². The Hall–Kier alpha value is -2.48. The number of hydrogen-bond acceptors (Lipinski definition) is 5. The van der Waals surface area contributed by atoms with Crippen LogP contribution in [0.1, 0.15) is 17.3 Å². The standard InChI is InChI=1S/C14H17N3O5/c1-10(14(19)16-5-7-22-8-6-16)15-13(18)11-3-2-4-12(9-11)17(20)21/h2-4,9-10H,5-8H2,1H3,(H,15,18). The first-order valence-electron chi connectivity index (χ1n) is 6.91. The maximum Gasteiger partial charge on any atom is 0.270 e. The van der Waals surface area contributed by atoms with E-state index in [1.54, 1.807) is 11.8 Å². The van der Waals surface area contributed by atoms with Crippen LogP contribution in [0.3, 0.4) is 0 Å². The smallest absolute Gasteiger partial charge is 0.270 e. The summed E-state index contributed by atoms with van der Waals surface area (Å²) < 4.78 is 5.17. The van der Waals surface area contributed by atoms with Gasteiger partial charge in [-0.2, -0.15) is 0 Å². The average molecular weight is 307 g/mol. The molecule has 1 heterocycles. The lowest BCUT2D eigenvalue weighted by molar-refractivity contribution is -0.384. The number of non-ortho nitro benzene ring substituents is 1. The zero-order valence-corrected chi connectivity index (χ0v) is 12.2.